The number of hydrogen-bond acceptors (Lipinski definition) is 4. The van der Waals surface area contributed by atoms with Crippen LogP contribution in [-0.2, 0) is 13.0 Å². The molecular formula is C12H20N2O2. The van der Waals surface area contributed by atoms with Crippen molar-refractivity contribution < 1.29 is 10.2 Å². The molecule has 0 bridgehead atoms. The smallest absolute Gasteiger partial charge is 0.141 e. The molecule has 4 N–H and O–H groups in total. The third-order valence-electron chi connectivity index (χ3n) is 2.74. The molecule has 1 rings (SSSR count). The Labute approximate surface area is 96.1 Å². The molecule has 0 aliphatic heterocycles. The first-order chi connectivity index (χ1) is 7.70. The Morgan fingerprint density at radius 3 is 2.69 bits per heavy atom. The molecule has 1 aromatic rings. The van der Waals surface area contributed by atoms with Gasteiger partial charge in [-0.2, -0.15) is 0 Å². The molecule has 0 fully saturated rings. The highest BCUT2D eigenvalue weighted by atomic mass is 16.3. The fourth-order valence-electron chi connectivity index (χ4n) is 1.73. The zero-order chi connectivity index (χ0) is 12.0. The fraction of sp³-hybridized carbons (Fsp3) is 0.583. The third kappa shape index (κ3) is 3.18. The van der Waals surface area contributed by atoms with Crippen LogP contribution in [0.4, 0.5) is 0 Å². The number of nitrogens with zero attached hydrogens (tertiary/aromatic N) is 1. The van der Waals surface area contributed by atoms with Crippen molar-refractivity contribution in [1.82, 2.24) is 4.98 Å². The highest BCUT2D eigenvalue weighted by Crippen LogP contribution is 2.24. The molecule has 0 aliphatic carbocycles. The van der Waals surface area contributed by atoms with Gasteiger partial charge in [-0.1, -0.05) is 6.42 Å². The van der Waals surface area contributed by atoms with E-state index < -0.39 is 0 Å². The van der Waals surface area contributed by atoms with Crippen LogP contribution in [0.5, 0.6) is 5.75 Å². The summed E-state index contributed by atoms with van der Waals surface area (Å²) in [6.07, 6.45) is 5.43. The largest absolute Gasteiger partial charge is 0.506 e. The quantitative estimate of drug-likeness (QED) is 0.635. The molecule has 0 atom stereocenters. The Balaban J connectivity index is 2.68. The van der Waals surface area contributed by atoms with Crippen LogP contribution in [0, 0.1) is 6.92 Å². The highest BCUT2D eigenvalue weighted by molar-refractivity contribution is 5.40. The number of rotatable bonds is 6. The fourth-order valence-corrected chi connectivity index (χ4v) is 1.73. The van der Waals surface area contributed by atoms with Crippen LogP contribution in [0.2, 0.25) is 0 Å². The van der Waals surface area contributed by atoms with Gasteiger partial charge in [-0.05, 0) is 31.7 Å². The van der Waals surface area contributed by atoms with Crippen LogP contribution in [0.15, 0.2) is 6.20 Å². The minimum Gasteiger partial charge on any atom is -0.506 e. The number of aryl methyl sites for hydroxylation is 2. The van der Waals surface area contributed by atoms with Crippen LogP contribution in [0.3, 0.4) is 0 Å². The number of hydrogen-bond donors (Lipinski definition) is 3. The van der Waals surface area contributed by atoms with Gasteiger partial charge in [0.15, 0.2) is 0 Å². The highest BCUT2D eigenvalue weighted by Gasteiger charge is 2.09. The van der Waals surface area contributed by atoms with Crippen molar-refractivity contribution in [1.29, 1.82) is 0 Å². The molecule has 0 amide bonds. The van der Waals surface area contributed by atoms with Crippen LogP contribution < -0.4 is 5.73 Å². The number of unbranched alkanes of at least 4 members (excludes halogenated alkanes) is 2. The number of pyridine rings is 1. The van der Waals surface area contributed by atoms with E-state index in [2.05, 4.69) is 4.98 Å². The van der Waals surface area contributed by atoms with Crippen molar-refractivity contribution >= 4 is 0 Å². The average Bonchev–Trinajstić information content (AvgIpc) is 2.29. The summed E-state index contributed by atoms with van der Waals surface area (Å²) in [5, 5.41) is 18.5. The lowest BCUT2D eigenvalue weighted by atomic mass is 10.0. The van der Waals surface area contributed by atoms with Crippen molar-refractivity contribution in [2.45, 2.75) is 39.2 Å². The van der Waals surface area contributed by atoms with Crippen LogP contribution in [0.25, 0.3) is 0 Å². The summed E-state index contributed by atoms with van der Waals surface area (Å²) in [5.41, 5.74) is 8.07. The van der Waals surface area contributed by atoms with Crippen molar-refractivity contribution in [3.05, 3.63) is 23.0 Å². The van der Waals surface area contributed by atoms with E-state index in [4.69, 9.17) is 10.8 Å². The van der Waals surface area contributed by atoms with E-state index in [1.807, 2.05) is 0 Å². The van der Waals surface area contributed by atoms with Crippen LogP contribution in [0.1, 0.15) is 36.1 Å². The summed E-state index contributed by atoms with van der Waals surface area (Å²) >= 11 is 0. The van der Waals surface area contributed by atoms with Crippen molar-refractivity contribution in [2.75, 3.05) is 6.61 Å². The van der Waals surface area contributed by atoms with Gasteiger partial charge in [-0.15, -0.1) is 0 Å². The topological polar surface area (TPSA) is 79.4 Å². The molecule has 16 heavy (non-hydrogen) atoms. The molecule has 0 spiro atoms. The van der Waals surface area contributed by atoms with Gasteiger partial charge < -0.3 is 15.9 Å². The molecule has 0 saturated heterocycles. The summed E-state index contributed by atoms with van der Waals surface area (Å²) in [6.45, 7) is 2.34. The monoisotopic (exact) mass is 224 g/mol. The summed E-state index contributed by atoms with van der Waals surface area (Å²) in [5.74, 6) is 0.224. The first-order valence-electron chi connectivity index (χ1n) is 5.68. The molecule has 4 heteroatoms. The summed E-state index contributed by atoms with van der Waals surface area (Å²) in [7, 11) is 0. The van der Waals surface area contributed by atoms with Gasteiger partial charge in [0.05, 0.1) is 5.69 Å². The Morgan fingerprint density at radius 1 is 1.31 bits per heavy atom. The Morgan fingerprint density at radius 2 is 2.06 bits per heavy atom. The minimum atomic E-state index is 0.224. The molecule has 4 nitrogen and oxygen atoms in total. The Bertz CT molecular complexity index is 340. The number of aromatic hydroxyl groups is 1. The van der Waals surface area contributed by atoms with E-state index in [-0.39, 0.29) is 12.4 Å². The maximum atomic E-state index is 9.80. The summed E-state index contributed by atoms with van der Waals surface area (Å²) in [4.78, 5) is 4.13. The molecule has 0 aliphatic rings. The molecular weight excluding hydrogens is 204 g/mol. The van der Waals surface area contributed by atoms with Gasteiger partial charge in [0, 0.05) is 24.9 Å². The summed E-state index contributed by atoms with van der Waals surface area (Å²) < 4.78 is 0. The van der Waals surface area contributed by atoms with Gasteiger partial charge in [-0.3, -0.25) is 4.98 Å². The second-order valence-electron chi connectivity index (χ2n) is 3.93. The molecule has 0 saturated carbocycles. The maximum absolute atomic E-state index is 9.80. The van der Waals surface area contributed by atoms with Gasteiger partial charge >= 0.3 is 0 Å². The van der Waals surface area contributed by atoms with E-state index in [1.54, 1.807) is 13.1 Å². The predicted octanol–water partition coefficient (Wildman–Crippen LogP) is 1.26. The lowest BCUT2D eigenvalue weighted by Crippen LogP contribution is -2.04. The van der Waals surface area contributed by atoms with Crippen molar-refractivity contribution in [3.8, 4) is 5.75 Å². The molecule has 0 radical (unpaired) electrons. The number of nitrogens with two attached hydrogens (primary N) is 1. The molecule has 1 heterocycles. The number of aliphatic hydroxyl groups is 1. The molecule has 1 aromatic heterocycles. The van der Waals surface area contributed by atoms with E-state index >= 15 is 0 Å². The van der Waals surface area contributed by atoms with E-state index in [9.17, 15) is 5.11 Å². The first kappa shape index (κ1) is 12.9. The summed E-state index contributed by atoms with van der Waals surface area (Å²) in [6, 6.07) is 0. The van der Waals surface area contributed by atoms with Gasteiger partial charge in [0.25, 0.3) is 0 Å². The van der Waals surface area contributed by atoms with E-state index in [0.717, 1.165) is 36.8 Å². The standard InChI is InChI=1S/C12H20N2O2/c1-9-12(16)11(7-13)10(8-14-9)5-3-2-4-6-15/h8,15-16H,2-7,13H2,1H3. The first-order valence-corrected chi connectivity index (χ1v) is 5.68. The van der Waals surface area contributed by atoms with Crippen molar-refractivity contribution in [2.24, 2.45) is 5.73 Å². The van der Waals surface area contributed by atoms with Crippen LogP contribution >= 0.6 is 0 Å². The lowest BCUT2D eigenvalue weighted by molar-refractivity contribution is 0.283. The molecule has 0 unspecified atom stereocenters. The zero-order valence-corrected chi connectivity index (χ0v) is 9.74. The Kier molecular flexibility index (Phi) is 5.22. The zero-order valence-electron chi connectivity index (χ0n) is 9.74. The van der Waals surface area contributed by atoms with Crippen LogP contribution in [-0.4, -0.2) is 21.8 Å². The normalized spacial score (nSPS) is 10.7. The number of aromatic nitrogens is 1. The predicted molar refractivity (Wildman–Crippen MR) is 63.2 cm³/mol. The Hall–Kier alpha value is -1.13. The van der Waals surface area contributed by atoms with E-state index in [0.29, 0.717) is 12.2 Å². The average molecular weight is 224 g/mol. The maximum Gasteiger partial charge on any atom is 0.141 e. The molecule has 90 valence electrons. The molecule has 0 aromatic carbocycles. The second kappa shape index (κ2) is 6.45. The van der Waals surface area contributed by atoms with E-state index in [1.165, 1.54) is 0 Å². The van der Waals surface area contributed by atoms with Gasteiger partial charge in [0.1, 0.15) is 5.75 Å². The number of aliphatic hydroxyl groups excluding tert-OH is 1. The van der Waals surface area contributed by atoms with Crippen molar-refractivity contribution in [3.63, 3.8) is 0 Å². The minimum absolute atomic E-state index is 0.224. The van der Waals surface area contributed by atoms with Gasteiger partial charge in [-0.25, -0.2) is 0 Å². The van der Waals surface area contributed by atoms with Gasteiger partial charge in [0.2, 0.25) is 0 Å². The SMILES string of the molecule is Cc1ncc(CCCCCO)c(CN)c1O. The third-order valence-corrected chi connectivity index (χ3v) is 2.74. The second-order valence-corrected chi connectivity index (χ2v) is 3.93. The lowest BCUT2D eigenvalue weighted by Gasteiger charge is -2.10.